The molecule has 0 aromatic rings. The van der Waals surface area contributed by atoms with Crippen LogP contribution in [0.2, 0.25) is 0 Å². The molecule has 1 aliphatic rings. The first-order valence-corrected chi connectivity index (χ1v) is 7.81. The summed E-state index contributed by atoms with van der Waals surface area (Å²) >= 11 is 0. The maximum Gasteiger partial charge on any atom is 0.155 e. The molecule has 1 heterocycles. The molecule has 0 bridgehead atoms. The number of rotatable bonds is 5. The molecule has 1 N–H and O–H groups in total. The van der Waals surface area contributed by atoms with Crippen LogP contribution in [-0.4, -0.2) is 32.0 Å². The summed E-state index contributed by atoms with van der Waals surface area (Å²) in [5.41, 5.74) is 0.934. The second kappa shape index (κ2) is 5.82. The summed E-state index contributed by atoms with van der Waals surface area (Å²) < 4.78 is 24.0. The maximum atomic E-state index is 12.0. The van der Waals surface area contributed by atoms with Gasteiger partial charge in [-0.3, -0.25) is 0 Å². The minimum absolute atomic E-state index is 0.0646. The van der Waals surface area contributed by atoms with Crippen molar-refractivity contribution in [2.45, 2.75) is 50.8 Å². The van der Waals surface area contributed by atoms with Gasteiger partial charge >= 0.3 is 0 Å². The van der Waals surface area contributed by atoms with Crippen LogP contribution in [-0.2, 0) is 9.84 Å². The Morgan fingerprint density at radius 3 is 2.69 bits per heavy atom. The first-order valence-electron chi connectivity index (χ1n) is 6.09. The van der Waals surface area contributed by atoms with E-state index in [1.807, 2.05) is 6.92 Å². The van der Waals surface area contributed by atoms with Crippen LogP contribution < -0.4 is 5.32 Å². The monoisotopic (exact) mass is 245 g/mol. The van der Waals surface area contributed by atoms with E-state index in [4.69, 9.17) is 0 Å². The Hall–Kier alpha value is -0.350. The Morgan fingerprint density at radius 2 is 2.19 bits per heavy atom. The molecule has 2 atom stereocenters. The highest BCUT2D eigenvalue weighted by Gasteiger charge is 2.35. The zero-order valence-electron chi connectivity index (χ0n) is 10.3. The number of hydrogen-bond acceptors (Lipinski definition) is 3. The molecule has 16 heavy (non-hydrogen) atoms. The Labute approximate surface area is 99.2 Å². The van der Waals surface area contributed by atoms with Crippen LogP contribution in [0, 0.1) is 0 Å². The molecule has 1 rings (SSSR count). The van der Waals surface area contributed by atoms with Gasteiger partial charge in [0.05, 0.1) is 11.0 Å². The van der Waals surface area contributed by atoms with Gasteiger partial charge in [-0.05, 0) is 32.7 Å². The van der Waals surface area contributed by atoms with E-state index in [9.17, 15) is 8.42 Å². The second-order valence-electron chi connectivity index (χ2n) is 4.68. The van der Waals surface area contributed by atoms with Crippen molar-refractivity contribution in [2.24, 2.45) is 0 Å². The fourth-order valence-corrected chi connectivity index (χ4v) is 4.45. The lowest BCUT2D eigenvalue weighted by atomic mass is 10.0. The average Bonchev–Trinajstić information content (AvgIpc) is 2.20. The Morgan fingerprint density at radius 1 is 1.50 bits per heavy atom. The SMILES string of the molecule is C=C(C)C(NCCC)C1CCCCS1(=O)=O. The molecule has 0 aliphatic carbocycles. The summed E-state index contributed by atoms with van der Waals surface area (Å²) in [5.74, 6) is 0.343. The summed E-state index contributed by atoms with van der Waals surface area (Å²) in [6.45, 7) is 8.77. The number of hydrogen-bond donors (Lipinski definition) is 1. The van der Waals surface area contributed by atoms with Crippen LogP contribution in [0.4, 0.5) is 0 Å². The van der Waals surface area contributed by atoms with E-state index in [2.05, 4.69) is 18.8 Å². The molecule has 2 unspecified atom stereocenters. The quantitative estimate of drug-likeness (QED) is 0.753. The van der Waals surface area contributed by atoms with Gasteiger partial charge in [-0.25, -0.2) is 8.42 Å². The van der Waals surface area contributed by atoms with Crippen molar-refractivity contribution in [3.8, 4) is 0 Å². The molecule has 0 aromatic carbocycles. The van der Waals surface area contributed by atoms with Gasteiger partial charge in [-0.1, -0.05) is 25.5 Å². The molecule has 1 saturated heterocycles. The van der Waals surface area contributed by atoms with Gasteiger partial charge in [-0.2, -0.15) is 0 Å². The van der Waals surface area contributed by atoms with Gasteiger partial charge in [0.1, 0.15) is 0 Å². The van der Waals surface area contributed by atoms with Crippen LogP contribution in [0.3, 0.4) is 0 Å². The maximum absolute atomic E-state index is 12.0. The van der Waals surface area contributed by atoms with E-state index in [0.717, 1.165) is 37.8 Å². The van der Waals surface area contributed by atoms with Gasteiger partial charge < -0.3 is 5.32 Å². The van der Waals surface area contributed by atoms with Crippen molar-refractivity contribution in [3.63, 3.8) is 0 Å². The normalized spacial score (nSPS) is 26.2. The minimum Gasteiger partial charge on any atom is -0.309 e. The van der Waals surface area contributed by atoms with E-state index in [0.29, 0.717) is 5.75 Å². The Bertz CT molecular complexity index is 335. The summed E-state index contributed by atoms with van der Waals surface area (Å²) in [7, 11) is -2.92. The van der Waals surface area contributed by atoms with E-state index >= 15 is 0 Å². The van der Waals surface area contributed by atoms with Crippen molar-refractivity contribution < 1.29 is 8.42 Å². The predicted octanol–water partition coefficient (Wildman–Crippen LogP) is 1.90. The van der Waals surface area contributed by atoms with Crippen LogP contribution in [0.15, 0.2) is 12.2 Å². The first-order chi connectivity index (χ1) is 7.49. The first kappa shape index (κ1) is 13.7. The standard InChI is InChI=1S/C12H23NO2S/c1-4-8-13-12(10(2)3)11-7-5-6-9-16(11,14)15/h11-13H,2,4-9H2,1,3H3. The molecule has 1 aliphatic heterocycles. The highest BCUT2D eigenvalue weighted by molar-refractivity contribution is 7.92. The third-order valence-electron chi connectivity index (χ3n) is 3.15. The lowest BCUT2D eigenvalue weighted by Crippen LogP contribution is -2.47. The number of sulfone groups is 1. The molecule has 94 valence electrons. The van der Waals surface area contributed by atoms with E-state index in [1.165, 1.54) is 0 Å². The Kier molecular flexibility index (Phi) is 4.99. The molecule has 0 radical (unpaired) electrons. The molecular weight excluding hydrogens is 222 g/mol. The van der Waals surface area contributed by atoms with Crippen LogP contribution in [0.5, 0.6) is 0 Å². The smallest absolute Gasteiger partial charge is 0.155 e. The summed E-state index contributed by atoms with van der Waals surface area (Å²) in [6, 6.07) is -0.0646. The molecule has 4 heteroatoms. The van der Waals surface area contributed by atoms with Crippen molar-refractivity contribution >= 4 is 9.84 Å². The van der Waals surface area contributed by atoms with Gasteiger partial charge in [0.25, 0.3) is 0 Å². The fourth-order valence-electron chi connectivity index (χ4n) is 2.28. The highest BCUT2D eigenvalue weighted by atomic mass is 32.2. The van der Waals surface area contributed by atoms with E-state index < -0.39 is 9.84 Å². The van der Waals surface area contributed by atoms with Crippen molar-refractivity contribution in [1.82, 2.24) is 5.32 Å². The highest BCUT2D eigenvalue weighted by Crippen LogP contribution is 2.25. The van der Waals surface area contributed by atoms with Gasteiger partial charge in [0.2, 0.25) is 0 Å². The van der Waals surface area contributed by atoms with E-state index in [-0.39, 0.29) is 11.3 Å². The topological polar surface area (TPSA) is 46.2 Å². The molecule has 0 aromatic heterocycles. The third-order valence-corrected chi connectivity index (χ3v) is 5.43. The molecular formula is C12H23NO2S. The third kappa shape index (κ3) is 3.32. The van der Waals surface area contributed by atoms with Crippen molar-refractivity contribution in [2.75, 3.05) is 12.3 Å². The summed E-state index contributed by atoms with van der Waals surface area (Å²) in [5, 5.41) is 3.06. The van der Waals surface area contributed by atoms with Crippen molar-refractivity contribution in [3.05, 3.63) is 12.2 Å². The second-order valence-corrected chi connectivity index (χ2v) is 7.02. The van der Waals surface area contributed by atoms with Gasteiger partial charge in [-0.15, -0.1) is 0 Å². The average molecular weight is 245 g/mol. The molecule has 1 fully saturated rings. The zero-order chi connectivity index (χ0) is 12.2. The Balaban J connectivity index is 2.79. The van der Waals surface area contributed by atoms with Gasteiger partial charge in [0.15, 0.2) is 9.84 Å². The molecule has 0 saturated carbocycles. The predicted molar refractivity (Wildman–Crippen MR) is 68.3 cm³/mol. The number of nitrogens with one attached hydrogen (secondary N) is 1. The van der Waals surface area contributed by atoms with Crippen LogP contribution in [0.25, 0.3) is 0 Å². The zero-order valence-corrected chi connectivity index (χ0v) is 11.1. The largest absolute Gasteiger partial charge is 0.309 e. The molecule has 0 spiro atoms. The van der Waals surface area contributed by atoms with Gasteiger partial charge in [0, 0.05) is 6.04 Å². The summed E-state index contributed by atoms with van der Waals surface area (Å²) in [4.78, 5) is 0. The van der Waals surface area contributed by atoms with E-state index in [1.54, 1.807) is 0 Å². The lowest BCUT2D eigenvalue weighted by Gasteiger charge is -2.31. The minimum atomic E-state index is -2.92. The summed E-state index contributed by atoms with van der Waals surface area (Å²) in [6.07, 6.45) is 3.62. The van der Waals surface area contributed by atoms with Crippen LogP contribution >= 0.6 is 0 Å². The van der Waals surface area contributed by atoms with Crippen LogP contribution in [0.1, 0.15) is 39.5 Å². The fraction of sp³-hybridized carbons (Fsp3) is 0.833. The molecule has 0 amide bonds. The van der Waals surface area contributed by atoms with Crippen molar-refractivity contribution in [1.29, 1.82) is 0 Å². The lowest BCUT2D eigenvalue weighted by molar-refractivity contribution is 0.469. The molecule has 3 nitrogen and oxygen atoms in total.